The zero-order valence-electron chi connectivity index (χ0n) is 13.7. The second-order valence-electron chi connectivity index (χ2n) is 6.61. The lowest BCUT2D eigenvalue weighted by Gasteiger charge is -2.37. The molecule has 5 heteroatoms. The summed E-state index contributed by atoms with van der Waals surface area (Å²) in [7, 11) is 0. The first kappa shape index (κ1) is 14.9. The largest absolute Gasteiger partial charge is 0.371 e. The van der Waals surface area contributed by atoms with Gasteiger partial charge in [-0.2, -0.15) is 0 Å². The van der Waals surface area contributed by atoms with Crippen molar-refractivity contribution in [1.82, 2.24) is 4.98 Å². The third kappa shape index (κ3) is 2.12. The monoisotopic (exact) mass is 321 g/mol. The molecule has 1 aromatic heterocycles. The van der Waals surface area contributed by atoms with Crippen molar-refractivity contribution in [2.24, 2.45) is 5.92 Å². The van der Waals surface area contributed by atoms with Gasteiger partial charge in [0.2, 0.25) is 0 Å². The number of pyridine rings is 1. The van der Waals surface area contributed by atoms with Gasteiger partial charge in [-0.25, -0.2) is 0 Å². The Hall–Kier alpha value is -2.69. The van der Waals surface area contributed by atoms with E-state index >= 15 is 0 Å². The first-order chi connectivity index (χ1) is 11.6. The Morgan fingerprint density at radius 1 is 1.33 bits per heavy atom. The SMILES string of the molecule is Cc1cc([N+](=O)[O-])c2c(c1C)[C@@H]1C=CC[C@H]1[C@H](c1ccccn1)N2. The minimum Gasteiger partial charge on any atom is -0.371 e. The molecule has 1 aliphatic carbocycles. The third-order valence-electron chi connectivity index (χ3n) is 5.35. The Bertz CT molecular complexity index is 845. The molecule has 0 amide bonds. The van der Waals surface area contributed by atoms with Crippen molar-refractivity contribution >= 4 is 11.4 Å². The number of aryl methyl sites for hydroxylation is 1. The van der Waals surface area contributed by atoms with Crippen molar-refractivity contribution in [3.8, 4) is 0 Å². The van der Waals surface area contributed by atoms with Gasteiger partial charge in [0, 0.05) is 18.2 Å². The maximum atomic E-state index is 11.6. The van der Waals surface area contributed by atoms with Crippen LogP contribution in [0.1, 0.15) is 40.8 Å². The first-order valence-corrected chi connectivity index (χ1v) is 8.20. The van der Waals surface area contributed by atoms with E-state index in [-0.39, 0.29) is 22.6 Å². The lowest BCUT2D eigenvalue weighted by molar-refractivity contribution is -0.384. The highest BCUT2D eigenvalue weighted by Gasteiger charge is 2.42. The van der Waals surface area contributed by atoms with Gasteiger partial charge < -0.3 is 5.32 Å². The van der Waals surface area contributed by atoms with Crippen molar-refractivity contribution in [1.29, 1.82) is 0 Å². The van der Waals surface area contributed by atoms with Gasteiger partial charge >= 0.3 is 0 Å². The Kier molecular flexibility index (Phi) is 3.37. The zero-order valence-corrected chi connectivity index (χ0v) is 13.7. The topological polar surface area (TPSA) is 68.1 Å². The molecular formula is C19H19N3O2. The number of nitrogens with one attached hydrogen (secondary N) is 1. The second-order valence-corrected chi connectivity index (χ2v) is 6.61. The summed E-state index contributed by atoms with van der Waals surface area (Å²) in [6, 6.07) is 7.51. The summed E-state index contributed by atoms with van der Waals surface area (Å²) in [5, 5.41) is 15.1. The van der Waals surface area contributed by atoms with Crippen molar-refractivity contribution < 1.29 is 4.92 Å². The maximum absolute atomic E-state index is 11.6. The lowest BCUT2D eigenvalue weighted by atomic mass is 9.75. The van der Waals surface area contributed by atoms with Gasteiger partial charge in [0.25, 0.3) is 5.69 Å². The number of hydrogen-bond donors (Lipinski definition) is 1. The molecule has 0 fully saturated rings. The standard InChI is InChI=1S/C19H19N3O2/c1-11-10-16(22(23)24)19-17(12(11)2)13-6-5-7-14(13)18(21-19)15-8-3-4-9-20-15/h3-6,8-10,13-14,18,21H,7H2,1-2H3/t13-,14-,18-/m1/s1. The number of fused-ring (bicyclic) bond motifs is 3. The Balaban J connectivity index is 1.92. The quantitative estimate of drug-likeness (QED) is 0.504. The van der Waals surface area contributed by atoms with Crippen LogP contribution in [0, 0.1) is 29.9 Å². The molecule has 2 heterocycles. The normalized spacial score (nSPS) is 24.2. The maximum Gasteiger partial charge on any atom is 0.292 e. The number of aromatic nitrogens is 1. The van der Waals surface area contributed by atoms with Crippen molar-refractivity contribution in [3.05, 3.63) is 75.1 Å². The van der Waals surface area contributed by atoms with E-state index < -0.39 is 0 Å². The first-order valence-electron chi connectivity index (χ1n) is 8.20. The van der Waals surface area contributed by atoms with Gasteiger partial charge in [0.1, 0.15) is 5.69 Å². The van der Waals surface area contributed by atoms with Gasteiger partial charge in [-0.05, 0) is 55.0 Å². The highest BCUT2D eigenvalue weighted by atomic mass is 16.6. The molecule has 2 aromatic rings. The molecule has 24 heavy (non-hydrogen) atoms. The summed E-state index contributed by atoms with van der Waals surface area (Å²) in [5.74, 6) is 0.541. The number of hydrogen-bond acceptors (Lipinski definition) is 4. The predicted octanol–water partition coefficient (Wildman–Crippen LogP) is 4.43. The van der Waals surface area contributed by atoms with Crippen LogP contribution in [-0.2, 0) is 0 Å². The summed E-state index contributed by atoms with van der Waals surface area (Å²) in [4.78, 5) is 15.8. The minimum atomic E-state index is -0.285. The number of rotatable bonds is 2. The number of nitro groups is 1. The van der Waals surface area contributed by atoms with Gasteiger partial charge in [0.15, 0.2) is 0 Å². The Labute approximate surface area is 140 Å². The van der Waals surface area contributed by atoms with E-state index in [0.717, 1.165) is 28.8 Å². The molecule has 3 atom stereocenters. The fourth-order valence-electron chi connectivity index (χ4n) is 4.08. The Morgan fingerprint density at radius 3 is 2.88 bits per heavy atom. The highest BCUT2D eigenvalue weighted by molar-refractivity contribution is 5.74. The summed E-state index contributed by atoms with van der Waals surface area (Å²) in [6.07, 6.45) is 7.13. The van der Waals surface area contributed by atoms with E-state index in [1.165, 1.54) is 0 Å². The van der Waals surface area contributed by atoms with Crippen LogP contribution in [-0.4, -0.2) is 9.91 Å². The molecule has 0 saturated carbocycles. The minimum absolute atomic E-state index is 0.0143. The number of nitro benzene ring substituents is 1. The zero-order chi connectivity index (χ0) is 16.8. The van der Waals surface area contributed by atoms with E-state index in [2.05, 4.69) is 29.4 Å². The Morgan fingerprint density at radius 2 is 2.17 bits per heavy atom. The second kappa shape index (κ2) is 5.44. The summed E-state index contributed by atoms with van der Waals surface area (Å²) in [5.41, 5.74) is 4.95. The molecule has 0 unspecified atom stereocenters. The predicted molar refractivity (Wildman–Crippen MR) is 93.2 cm³/mol. The van der Waals surface area contributed by atoms with Gasteiger partial charge in [-0.1, -0.05) is 18.2 Å². The lowest BCUT2D eigenvalue weighted by Crippen LogP contribution is -2.31. The average molecular weight is 321 g/mol. The average Bonchev–Trinajstić information content (AvgIpc) is 3.07. The van der Waals surface area contributed by atoms with Crippen LogP contribution in [0.15, 0.2) is 42.6 Å². The molecule has 1 aliphatic heterocycles. The molecule has 4 rings (SSSR count). The van der Waals surface area contributed by atoms with Gasteiger partial charge in [-0.15, -0.1) is 0 Å². The highest BCUT2D eigenvalue weighted by Crippen LogP contribution is 2.53. The molecule has 0 saturated heterocycles. The molecule has 0 spiro atoms. The van der Waals surface area contributed by atoms with Crippen LogP contribution < -0.4 is 5.32 Å². The van der Waals surface area contributed by atoms with Crippen molar-refractivity contribution in [3.63, 3.8) is 0 Å². The number of benzene rings is 1. The van der Waals surface area contributed by atoms with Crippen LogP contribution in [0.5, 0.6) is 0 Å². The fraction of sp³-hybridized carbons (Fsp3) is 0.316. The van der Waals surface area contributed by atoms with E-state index in [9.17, 15) is 10.1 Å². The van der Waals surface area contributed by atoms with Crippen LogP contribution in [0.25, 0.3) is 0 Å². The number of nitrogens with zero attached hydrogens (tertiary/aromatic N) is 2. The smallest absolute Gasteiger partial charge is 0.292 e. The molecule has 1 aromatic carbocycles. The molecule has 2 aliphatic rings. The van der Waals surface area contributed by atoms with E-state index in [1.54, 1.807) is 12.3 Å². The van der Waals surface area contributed by atoms with Crippen LogP contribution in [0.3, 0.4) is 0 Å². The van der Waals surface area contributed by atoms with E-state index in [0.29, 0.717) is 11.6 Å². The fourth-order valence-corrected chi connectivity index (χ4v) is 4.08. The molecular weight excluding hydrogens is 302 g/mol. The summed E-state index contributed by atoms with van der Waals surface area (Å²) in [6.45, 7) is 4.00. The molecule has 5 nitrogen and oxygen atoms in total. The van der Waals surface area contributed by atoms with Crippen LogP contribution >= 0.6 is 0 Å². The summed E-state index contributed by atoms with van der Waals surface area (Å²) < 4.78 is 0. The van der Waals surface area contributed by atoms with Crippen molar-refractivity contribution in [2.45, 2.75) is 32.2 Å². The van der Waals surface area contributed by atoms with Crippen LogP contribution in [0.4, 0.5) is 11.4 Å². The molecule has 1 N–H and O–H groups in total. The van der Waals surface area contributed by atoms with Gasteiger partial charge in [0.05, 0.1) is 16.7 Å². The number of allylic oxidation sites excluding steroid dienone is 2. The summed E-state index contributed by atoms with van der Waals surface area (Å²) >= 11 is 0. The van der Waals surface area contributed by atoms with Crippen molar-refractivity contribution in [2.75, 3.05) is 5.32 Å². The van der Waals surface area contributed by atoms with Crippen LogP contribution in [0.2, 0.25) is 0 Å². The molecule has 0 bridgehead atoms. The number of anilines is 1. The third-order valence-corrected chi connectivity index (χ3v) is 5.35. The molecule has 122 valence electrons. The molecule has 0 radical (unpaired) electrons. The van der Waals surface area contributed by atoms with E-state index in [1.807, 2.05) is 25.1 Å². The van der Waals surface area contributed by atoms with E-state index in [4.69, 9.17) is 0 Å². The van der Waals surface area contributed by atoms with Gasteiger partial charge in [-0.3, -0.25) is 15.1 Å².